The van der Waals surface area contributed by atoms with E-state index in [1.807, 2.05) is 0 Å². The van der Waals surface area contributed by atoms with Gasteiger partial charge in [-0.15, -0.1) is 12.6 Å². The van der Waals surface area contributed by atoms with Gasteiger partial charge in [-0.1, -0.05) is 27.7 Å². The van der Waals surface area contributed by atoms with Crippen molar-refractivity contribution in [2.24, 2.45) is 0 Å². The van der Waals surface area contributed by atoms with E-state index in [1.165, 1.54) is 24.0 Å². The average Bonchev–Trinajstić information content (AvgIpc) is 2.18. The monoisotopic (exact) mass is 248 g/mol. The molecule has 0 aromatic heterocycles. The fourth-order valence-corrected chi connectivity index (χ4v) is 3.80. The maximum absolute atomic E-state index is 4.64. The summed E-state index contributed by atoms with van der Waals surface area (Å²) in [7, 11) is 0. The zero-order valence-electron chi connectivity index (χ0n) is 11.9. The summed E-state index contributed by atoms with van der Waals surface area (Å²) < 4.78 is 0. The maximum atomic E-state index is 4.64. The molecule has 1 aromatic carbocycles. The Morgan fingerprint density at radius 2 is 1.41 bits per heavy atom. The van der Waals surface area contributed by atoms with Crippen molar-refractivity contribution < 1.29 is 0 Å². The van der Waals surface area contributed by atoms with Gasteiger partial charge in [-0.25, -0.2) is 0 Å². The van der Waals surface area contributed by atoms with E-state index < -0.39 is 0 Å². The molecule has 0 bridgehead atoms. The lowest BCUT2D eigenvalue weighted by molar-refractivity contribution is 0.328. The van der Waals surface area contributed by atoms with Gasteiger partial charge in [0, 0.05) is 4.90 Å². The Bertz CT molecular complexity index is 467. The van der Waals surface area contributed by atoms with Gasteiger partial charge < -0.3 is 0 Å². The molecular weight excluding hydrogens is 224 g/mol. The van der Waals surface area contributed by atoms with E-state index in [1.54, 1.807) is 11.1 Å². The quantitative estimate of drug-likeness (QED) is 0.618. The summed E-state index contributed by atoms with van der Waals surface area (Å²) in [6.45, 7) is 14.0. The molecule has 0 saturated heterocycles. The second kappa shape index (κ2) is 3.78. The minimum absolute atomic E-state index is 0.290. The van der Waals surface area contributed by atoms with Crippen LogP contribution in [0.2, 0.25) is 0 Å². The van der Waals surface area contributed by atoms with Crippen LogP contribution in [0.3, 0.4) is 0 Å². The molecule has 0 fully saturated rings. The van der Waals surface area contributed by atoms with E-state index in [-0.39, 0.29) is 0 Å². The topological polar surface area (TPSA) is 0 Å². The summed E-state index contributed by atoms with van der Waals surface area (Å²) in [5.41, 5.74) is 6.52. The summed E-state index contributed by atoms with van der Waals surface area (Å²) in [5.74, 6) is 0. The van der Waals surface area contributed by atoms with E-state index in [9.17, 15) is 0 Å². The molecule has 0 amide bonds. The van der Waals surface area contributed by atoms with Gasteiger partial charge in [-0.3, -0.25) is 0 Å². The average molecular weight is 248 g/mol. The predicted molar refractivity (Wildman–Crippen MR) is 78.5 cm³/mol. The summed E-state index contributed by atoms with van der Waals surface area (Å²) in [5, 5.41) is 0. The minimum atomic E-state index is 0.290. The normalized spacial score (nSPS) is 21.1. The summed E-state index contributed by atoms with van der Waals surface area (Å²) in [6, 6.07) is 2.24. The van der Waals surface area contributed by atoms with Gasteiger partial charge in [0.2, 0.25) is 0 Å². The number of hydrogen-bond acceptors (Lipinski definition) is 1. The van der Waals surface area contributed by atoms with Crippen LogP contribution in [0.15, 0.2) is 11.0 Å². The Balaban J connectivity index is 2.85. The van der Waals surface area contributed by atoms with Gasteiger partial charge in [0.15, 0.2) is 0 Å². The first kappa shape index (κ1) is 13.0. The molecule has 2 rings (SSSR count). The van der Waals surface area contributed by atoms with Crippen LogP contribution in [0.4, 0.5) is 0 Å². The zero-order valence-corrected chi connectivity index (χ0v) is 12.8. The lowest BCUT2D eigenvalue weighted by Gasteiger charge is -2.44. The number of thiol groups is 1. The van der Waals surface area contributed by atoms with Crippen molar-refractivity contribution >= 4 is 12.6 Å². The Labute approximate surface area is 111 Å². The second-order valence-corrected chi connectivity index (χ2v) is 7.34. The van der Waals surface area contributed by atoms with Crippen molar-refractivity contribution in [3.8, 4) is 0 Å². The molecule has 0 aliphatic heterocycles. The fourth-order valence-electron chi connectivity index (χ4n) is 3.49. The molecule has 0 saturated carbocycles. The first-order valence-electron chi connectivity index (χ1n) is 6.51. The van der Waals surface area contributed by atoms with Crippen LogP contribution in [-0.4, -0.2) is 0 Å². The molecule has 0 N–H and O–H groups in total. The molecule has 0 radical (unpaired) electrons. The molecular formula is C16H24S. The molecule has 0 atom stereocenters. The Kier molecular flexibility index (Phi) is 2.89. The van der Waals surface area contributed by atoms with Crippen LogP contribution in [0, 0.1) is 13.8 Å². The molecule has 0 heterocycles. The maximum Gasteiger partial charge on any atom is 0.00750 e. The minimum Gasteiger partial charge on any atom is -0.143 e. The van der Waals surface area contributed by atoms with Crippen LogP contribution < -0.4 is 0 Å². The van der Waals surface area contributed by atoms with Gasteiger partial charge >= 0.3 is 0 Å². The number of rotatable bonds is 0. The third-order valence-corrected chi connectivity index (χ3v) is 4.95. The molecule has 94 valence electrons. The van der Waals surface area contributed by atoms with Crippen LogP contribution in [0.25, 0.3) is 0 Å². The first-order chi connectivity index (χ1) is 7.67. The molecule has 0 spiro atoms. The number of benzene rings is 1. The molecule has 17 heavy (non-hydrogen) atoms. The van der Waals surface area contributed by atoms with E-state index >= 15 is 0 Å². The highest BCUT2D eigenvalue weighted by Crippen LogP contribution is 2.49. The lowest BCUT2D eigenvalue weighted by Crippen LogP contribution is -2.35. The van der Waals surface area contributed by atoms with Crippen molar-refractivity contribution in [1.29, 1.82) is 0 Å². The Morgan fingerprint density at radius 3 is 1.94 bits per heavy atom. The van der Waals surface area contributed by atoms with Crippen molar-refractivity contribution in [3.63, 3.8) is 0 Å². The van der Waals surface area contributed by atoms with Gasteiger partial charge in [0.05, 0.1) is 0 Å². The van der Waals surface area contributed by atoms with Crippen LogP contribution in [-0.2, 0) is 10.8 Å². The summed E-state index contributed by atoms with van der Waals surface area (Å²) >= 11 is 4.64. The van der Waals surface area contributed by atoms with E-state index in [0.29, 0.717) is 10.8 Å². The smallest absolute Gasteiger partial charge is 0.00750 e. The highest BCUT2D eigenvalue weighted by atomic mass is 32.1. The predicted octanol–water partition coefficient (Wildman–Crippen LogP) is 4.94. The third-order valence-electron chi connectivity index (χ3n) is 4.49. The van der Waals surface area contributed by atoms with Crippen molar-refractivity contribution in [2.75, 3.05) is 0 Å². The van der Waals surface area contributed by atoms with Crippen LogP contribution in [0.1, 0.15) is 62.8 Å². The van der Waals surface area contributed by atoms with Crippen LogP contribution in [0.5, 0.6) is 0 Å². The fraction of sp³-hybridized carbons (Fsp3) is 0.625. The zero-order chi connectivity index (χ0) is 13.0. The summed E-state index contributed by atoms with van der Waals surface area (Å²) in [4.78, 5) is 1.15. The van der Waals surface area contributed by atoms with Crippen LogP contribution >= 0.6 is 12.6 Å². The number of aryl methyl sites for hydroxylation is 1. The number of fused-ring (bicyclic) bond motifs is 1. The standard InChI is InChI=1S/C16H24S/c1-10-9-12(17)11(2)14-13(10)15(3,4)7-8-16(14,5)6/h9,17H,7-8H2,1-6H3. The molecule has 0 unspecified atom stereocenters. The van der Waals surface area contributed by atoms with Gasteiger partial charge in [-0.2, -0.15) is 0 Å². The molecule has 1 aromatic rings. The number of hydrogen-bond donors (Lipinski definition) is 1. The summed E-state index contributed by atoms with van der Waals surface area (Å²) in [6.07, 6.45) is 2.55. The largest absolute Gasteiger partial charge is 0.143 e. The second-order valence-electron chi connectivity index (χ2n) is 6.86. The molecule has 1 aliphatic rings. The van der Waals surface area contributed by atoms with E-state index in [2.05, 4.69) is 60.2 Å². The Hall–Kier alpha value is -0.430. The lowest BCUT2D eigenvalue weighted by atomic mass is 9.61. The van der Waals surface area contributed by atoms with E-state index in [0.717, 1.165) is 4.90 Å². The molecule has 1 aliphatic carbocycles. The van der Waals surface area contributed by atoms with Gasteiger partial charge in [-0.05, 0) is 65.8 Å². The SMILES string of the molecule is Cc1cc(S)c(C)c2c1C(C)(C)CCC2(C)C. The molecule has 1 heteroatoms. The van der Waals surface area contributed by atoms with Crippen molar-refractivity contribution in [3.05, 3.63) is 28.3 Å². The van der Waals surface area contributed by atoms with Gasteiger partial charge in [0.1, 0.15) is 0 Å². The molecule has 0 nitrogen and oxygen atoms in total. The highest BCUT2D eigenvalue weighted by Gasteiger charge is 2.39. The Morgan fingerprint density at radius 1 is 0.941 bits per heavy atom. The van der Waals surface area contributed by atoms with Crippen molar-refractivity contribution in [1.82, 2.24) is 0 Å². The first-order valence-corrected chi connectivity index (χ1v) is 6.96. The highest BCUT2D eigenvalue weighted by molar-refractivity contribution is 7.80. The van der Waals surface area contributed by atoms with E-state index in [4.69, 9.17) is 0 Å². The third kappa shape index (κ3) is 1.93. The van der Waals surface area contributed by atoms with Gasteiger partial charge in [0.25, 0.3) is 0 Å². The van der Waals surface area contributed by atoms with Crippen molar-refractivity contribution in [2.45, 2.75) is 70.1 Å².